The summed E-state index contributed by atoms with van der Waals surface area (Å²) in [5.74, 6) is -0.228. The van der Waals surface area contributed by atoms with Crippen LogP contribution < -0.4 is 21.1 Å². The molecule has 2 aromatic carbocycles. The number of amides is 3. The average Bonchev–Trinajstić information content (AvgIpc) is 3.73. The highest BCUT2D eigenvalue weighted by Gasteiger charge is 2.35. The highest BCUT2D eigenvalue weighted by molar-refractivity contribution is 6.04. The third-order valence-electron chi connectivity index (χ3n) is 11.7. The number of aromatic nitrogens is 5. The molecular weight excluding hydrogens is 729 g/mol. The van der Waals surface area contributed by atoms with Crippen LogP contribution in [-0.4, -0.2) is 73.3 Å². The van der Waals surface area contributed by atoms with Crippen molar-refractivity contribution in [2.24, 2.45) is 13.0 Å². The number of fused-ring (bicyclic) bond motifs is 2. The summed E-state index contributed by atoms with van der Waals surface area (Å²) in [6.45, 7) is 2.93. The first kappa shape index (κ1) is 37.4. The predicted molar refractivity (Wildman–Crippen MR) is 201 cm³/mol. The van der Waals surface area contributed by atoms with Gasteiger partial charge in [-0.25, -0.2) is 9.78 Å². The third kappa shape index (κ3) is 7.17. The Balaban J connectivity index is 0.879. The average molecular weight is 773 g/mol. The molecule has 294 valence electrons. The van der Waals surface area contributed by atoms with E-state index in [0.717, 1.165) is 92.3 Å². The molecule has 3 aliphatic rings. The maximum Gasteiger partial charge on any atom is 0.433 e. The van der Waals surface area contributed by atoms with Crippen molar-refractivity contribution in [1.82, 2.24) is 34.1 Å². The molecule has 16 heteroatoms. The van der Waals surface area contributed by atoms with E-state index in [2.05, 4.69) is 26.6 Å². The number of benzene rings is 2. The number of para-hydroxylation sites is 1. The molecule has 1 atom stereocenters. The number of likely N-dealkylation sites (tertiary alicyclic amines) is 1. The van der Waals surface area contributed by atoms with E-state index in [1.165, 1.54) is 13.2 Å². The molecule has 5 heterocycles. The number of aryl methyl sites for hydroxylation is 1. The van der Waals surface area contributed by atoms with Crippen LogP contribution in [0.25, 0.3) is 21.9 Å². The first-order valence-electron chi connectivity index (χ1n) is 19.1. The van der Waals surface area contributed by atoms with Gasteiger partial charge in [0.15, 0.2) is 0 Å². The second-order valence-electron chi connectivity index (χ2n) is 15.2. The second kappa shape index (κ2) is 14.9. The summed E-state index contributed by atoms with van der Waals surface area (Å²) in [6.07, 6.45) is 3.74. The van der Waals surface area contributed by atoms with Crippen LogP contribution in [0.1, 0.15) is 91.1 Å². The number of ether oxygens (including phenoxy) is 1. The molecule has 3 amide bonds. The molecule has 1 unspecified atom stereocenters. The molecule has 56 heavy (non-hydrogen) atoms. The lowest BCUT2D eigenvalue weighted by Crippen LogP contribution is -2.44. The van der Waals surface area contributed by atoms with E-state index in [9.17, 15) is 32.3 Å². The van der Waals surface area contributed by atoms with Crippen molar-refractivity contribution in [2.45, 2.75) is 75.5 Å². The van der Waals surface area contributed by atoms with Gasteiger partial charge in [0, 0.05) is 43.4 Å². The fourth-order valence-corrected chi connectivity index (χ4v) is 8.86. The summed E-state index contributed by atoms with van der Waals surface area (Å²) >= 11 is 0. The molecule has 1 saturated carbocycles. The summed E-state index contributed by atoms with van der Waals surface area (Å²) in [5.41, 5.74) is 1.97. The van der Waals surface area contributed by atoms with Gasteiger partial charge in [0.05, 0.1) is 24.2 Å². The molecular formula is C40H43F3N8O5. The van der Waals surface area contributed by atoms with Gasteiger partial charge in [-0.05, 0) is 99.7 Å². The van der Waals surface area contributed by atoms with Crippen LogP contribution >= 0.6 is 0 Å². The molecule has 3 aromatic heterocycles. The number of carbonyl (C=O) groups is 3. The highest BCUT2D eigenvalue weighted by atomic mass is 19.4. The van der Waals surface area contributed by atoms with Crippen molar-refractivity contribution in [3.63, 3.8) is 0 Å². The Morgan fingerprint density at radius 2 is 1.73 bits per heavy atom. The number of hydrogen-bond acceptors (Lipinski definition) is 8. The number of pyridine rings is 1. The van der Waals surface area contributed by atoms with E-state index in [1.807, 2.05) is 23.0 Å². The van der Waals surface area contributed by atoms with Crippen LogP contribution in [-0.2, 0) is 22.8 Å². The van der Waals surface area contributed by atoms with Gasteiger partial charge in [0.25, 0.3) is 5.91 Å². The lowest BCUT2D eigenvalue weighted by molar-refractivity contribution is -0.141. The van der Waals surface area contributed by atoms with Crippen molar-refractivity contribution in [2.75, 3.05) is 32.1 Å². The zero-order chi connectivity index (χ0) is 39.3. The van der Waals surface area contributed by atoms with Crippen molar-refractivity contribution in [1.29, 1.82) is 0 Å². The second-order valence-corrected chi connectivity index (χ2v) is 15.2. The molecule has 0 spiro atoms. The standard InChI is InChI=1S/C40H43F3N8O5/c1-48-36-28(5-3-7-30(36)51(39(48)55)31-13-14-34(52)46-38(31)54)24-15-17-49(18-16-24)21-23-9-11-27(12-10-23)50-22-25-19-26(20-32(56-2)35(25)47-50)44-37(53)29-6-4-8-33(45-29)40(41,42)43/h3-8,19-20,22-24,27,31H,9-18,21H2,1-2H3,(H,44,53)(H,46,52,54)/t23-,27-,31?. The van der Waals surface area contributed by atoms with Crippen LogP contribution in [0.2, 0.25) is 0 Å². The minimum atomic E-state index is -4.66. The molecule has 2 aliphatic heterocycles. The number of hydrogen-bond donors (Lipinski definition) is 2. The number of nitrogens with one attached hydrogen (secondary N) is 2. The molecule has 2 saturated heterocycles. The summed E-state index contributed by atoms with van der Waals surface area (Å²) in [5, 5.41) is 10.6. The number of anilines is 1. The molecule has 5 aromatic rings. The molecule has 3 fully saturated rings. The van der Waals surface area contributed by atoms with Gasteiger partial charge in [0.2, 0.25) is 11.8 Å². The molecule has 1 aliphatic carbocycles. The van der Waals surface area contributed by atoms with Gasteiger partial charge in [-0.1, -0.05) is 18.2 Å². The molecule has 13 nitrogen and oxygen atoms in total. The normalized spacial score (nSPS) is 21.4. The number of halogens is 3. The lowest BCUT2D eigenvalue weighted by Gasteiger charge is -2.37. The summed E-state index contributed by atoms with van der Waals surface area (Å²) in [4.78, 5) is 56.8. The first-order chi connectivity index (χ1) is 26.9. The van der Waals surface area contributed by atoms with E-state index in [0.29, 0.717) is 29.3 Å². The Hall–Kier alpha value is -5.51. The summed E-state index contributed by atoms with van der Waals surface area (Å²) in [7, 11) is 3.26. The number of carbonyl (C=O) groups excluding carboxylic acids is 3. The Kier molecular flexibility index (Phi) is 9.93. The Morgan fingerprint density at radius 1 is 0.982 bits per heavy atom. The predicted octanol–water partition coefficient (Wildman–Crippen LogP) is 5.95. The molecule has 2 N–H and O–H groups in total. The molecule has 8 rings (SSSR count). The Morgan fingerprint density at radius 3 is 2.45 bits per heavy atom. The fourth-order valence-electron chi connectivity index (χ4n) is 8.86. The van der Waals surface area contributed by atoms with Gasteiger partial charge in [-0.3, -0.25) is 33.5 Å². The molecule has 0 bridgehead atoms. The van der Waals surface area contributed by atoms with E-state index in [4.69, 9.17) is 9.84 Å². The van der Waals surface area contributed by atoms with Gasteiger partial charge in [0.1, 0.15) is 28.7 Å². The number of nitrogens with zero attached hydrogens (tertiary/aromatic N) is 6. The van der Waals surface area contributed by atoms with Gasteiger partial charge >= 0.3 is 11.9 Å². The number of imidazole rings is 1. The zero-order valence-electron chi connectivity index (χ0n) is 31.1. The topological polar surface area (TPSA) is 145 Å². The van der Waals surface area contributed by atoms with Crippen molar-refractivity contribution in [3.8, 4) is 5.75 Å². The number of methoxy groups -OCH3 is 1. The highest BCUT2D eigenvalue weighted by Crippen LogP contribution is 2.38. The van der Waals surface area contributed by atoms with Crippen molar-refractivity contribution >= 4 is 45.3 Å². The largest absolute Gasteiger partial charge is 0.494 e. The molecule has 0 radical (unpaired) electrons. The van der Waals surface area contributed by atoms with Crippen LogP contribution in [0.5, 0.6) is 5.75 Å². The van der Waals surface area contributed by atoms with E-state index in [-0.39, 0.29) is 35.7 Å². The van der Waals surface area contributed by atoms with E-state index >= 15 is 0 Å². The van der Waals surface area contributed by atoms with Gasteiger partial charge in [-0.15, -0.1) is 0 Å². The third-order valence-corrected chi connectivity index (χ3v) is 11.7. The Bertz CT molecular complexity index is 2380. The van der Waals surface area contributed by atoms with Crippen LogP contribution in [0.15, 0.2) is 59.5 Å². The van der Waals surface area contributed by atoms with Crippen LogP contribution in [0.4, 0.5) is 18.9 Å². The minimum Gasteiger partial charge on any atom is -0.494 e. The smallest absolute Gasteiger partial charge is 0.433 e. The van der Waals surface area contributed by atoms with Crippen molar-refractivity contribution < 1.29 is 32.3 Å². The van der Waals surface area contributed by atoms with Crippen LogP contribution in [0, 0.1) is 5.92 Å². The minimum absolute atomic E-state index is 0.195. The maximum absolute atomic E-state index is 13.4. The van der Waals surface area contributed by atoms with Crippen LogP contribution in [0.3, 0.4) is 0 Å². The van der Waals surface area contributed by atoms with E-state index < -0.39 is 29.7 Å². The maximum atomic E-state index is 13.4. The monoisotopic (exact) mass is 772 g/mol. The first-order valence-corrected chi connectivity index (χ1v) is 19.1. The SMILES string of the molecule is COc1cc(NC(=O)c2cccc(C(F)(F)F)n2)cc2cn([C@H]3CC[C@H](CN4CCC(c5cccc6c5n(C)c(=O)n6C5CCC(=O)NC5=O)CC4)CC3)nc12. The van der Waals surface area contributed by atoms with E-state index in [1.54, 1.807) is 28.3 Å². The quantitative estimate of drug-likeness (QED) is 0.184. The number of piperidine rings is 2. The number of imide groups is 1. The fraction of sp³-hybridized carbons (Fsp3) is 0.450. The number of alkyl halides is 3. The van der Waals surface area contributed by atoms with Gasteiger partial charge < -0.3 is 15.0 Å². The summed E-state index contributed by atoms with van der Waals surface area (Å²) in [6, 6.07) is 12.0. The Labute approximate surface area is 319 Å². The van der Waals surface area contributed by atoms with Crippen molar-refractivity contribution in [3.05, 3.63) is 82.2 Å². The van der Waals surface area contributed by atoms with Gasteiger partial charge in [-0.2, -0.15) is 18.3 Å². The number of rotatable bonds is 8. The lowest BCUT2D eigenvalue weighted by atomic mass is 9.84. The zero-order valence-corrected chi connectivity index (χ0v) is 31.1. The summed E-state index contributed by atoms with van der Waals surface area (Å²) < 4.78 is 50.2.